The topological polar surface area (TPSA) is 40.5 Å². The Hall–Kier alpha value is -1.22. The molecule has 0 aromatic heterocycles. The minimum Gasteiger partial charge on any atom is -0.480 e. The van der Waals surface area contributed by atoms with Crippen molar-refractivity contribution in [3.05, 3.63) is 29.3 Å². The first kappa shape index (κ1) is 13.8. The molecule has 3 nitrogen and oxygen atoms in total. The average Bonchev–Trinajstić information content (AvgIpc) is 2.13. The fourth-order valence-electron chi connectivity index (χ4n) is 1.65. The number of aliphatic carboxylic acids is 1. The molecule has 0 atom stereocenters. The maximum absolute atomic E-state index is 10.9. The van der Waals surface area contributed by atoms with Crippen molar-refractivity contribution in [2.24, 2.45) is 5.41 Å². The summed E-state index contributed by atoms with van der Waals surface area (Å²) in [5.41, 5.74) is 0.868. The Labute approximate surface area is 107 Å². The quantitative estimate of drug-likeness (QED) is 0.898. The molecule has 0 aliphatic heterocycles. The first-order valence-corrected chi connectivity index (χ1v) is 5.88. The highest BCUT2D eigenvalue weighted by molar-refractivity contribution is 6.30. The number of benzene rings is 1. The maximum Gasteiger partial charge on any atom is 0.323 e. The van der Waals surface area contributed by atoms with E-state index in [4.69, 9.17) is 16.7 Å². The molecular formula is C13H18ClNO2. The van der Waals surface area contributed by atoms with Crippen LogP contribution >= 0.6 is 11.6 Å². The summed E-state index contributed by atoms with van der Waals surface area (Å²) >= 11 is 5.92. The number of hydrogen-bond acceptors (Lipinski definition) is 2. The van der Waals surface area contributed by atoms with Crippen molar-refractivity contribution in [3.63, 3.8) is 0 Å². The van der Waals surface area contributed by atoms with Crippen LogP contribution in [0.4, 0.5) is 5.69 Å². The van der Waals surface area contributed by atoms with Gasteiger partial charge in [0.15, 0.2) is 0 Å². The standard InChI is InChI=1S/C13H18ClNO2/c1-13(2,3)9-15(8-12(16)17)11-6-4-5-10(14)7-11/h4-7H,8-9H2,1-3H3,(H,16,17). The summed E-state index contributed by atoms with van der Waals surface area (Å²) in [5.74, 6) is -0.839. The summed E-state index contributed by atoms with van der Waals surface area (Å²) in [6.07, 6.45) is 0. The molecule has 1 aromatic carbocycles. The third-order valence-corrected chi connectivity index (χ3v) is 2.40. The lowest BCUT2D eigenvalue weighted by Gasteiger charge is -2.30. The second kappa shape index (κ2) is 5.41. The van der Waals surface area contributed by atoms with Crippen LogP contribution in [0.5, 0.6) is 0 Å². The smallest absolute Gasteiger partial charge is 0.323 e. The van der Waals surface area contributed by atoms with Gasteiger partial charge in [-0.3, -0.25) is 4.79 Å². The molecule has 1 N–H and O–H groups in total. The van der Waals surface area contributed by atoms with Gasteiger partial charge in [-0.1, -0.05) is 38.4 Å². The van der Waals surface area contributed by atoms with Crippen LogP contribution < -0.4 is 4.90 Å². The van der Waals surface area contributed by atoms with Crippen LogP contribution in [-0.4, -0.2) is 24.2 Å². The molecule has 0 amide bonds. The van der Waals surface area contributed by atoms with Gasteiger partial charge in [0.25, 0.3) is 0 Å². The summed E-state index contributed by atoms with van der Waals surface area (Å²) in [6.45, 7) is 6.88. The molecule has 0 radical (unpaired) electrons. The lowest BCUT2D eigenvalue weighted by molar-refractivity contribution is -0.135. The molecule has 94 valence electrons. The lowest BCUT2D eigenvalue weighted by Crippen LogP contribution is -2.36. The van der Waals surface area contributed by atoms with Gasteiger partial charge in [-0.05, 0) is 23.6 Å². The number of nitrogens with zero attached hydrogens (tertiary/aromatic N) is 1. The third kappa shape index (κ3) is 5.09. The van der Waals surface area contributed by atoms with E-state index >= 15 is 0 Å². The fraction of sp³-hybridized carbons (Fsp3) is 0.462. The van der Waals surface area contributed by atoms with Gasteiger partial charge in [0.2, 0.25) is 0 Å². The van der Waals surface area contributed by atoms with Gasteiger partial charge in [0, 0.05) is 17.3 Å². The average molecular weight is 256 g/mol. The van der Waals surface area contributed by atoms with E-state index in [1.807, 2.05) is 17.0 Å². The number of carboxylic acid groups (broad SMARTS) is 1. The number of carboxylic acids is 1. The van der Waals surface area contributed by atoms with Gasteiger partial charge in [0.1, 0.15) is 6.54 Å². The molecule has 0 fully saturated rings. The van der Waals surface area contributed by atoms with Crippen molar-refractivity contribution in [3.8, 4) is 0 Å². The molecule has 1 aromatic rings. The Morgan fingerprint density at radius 3 is 2.53 bits per heavy atom. The van der Waals surface area contributed by atoms with Gasteiger partial charge < -0.3 is 10.0 Å². The predicted molar refractivity (Wildman–Crippen MR) is 70.8 cm³/mol. The van der Waals surface area contributed by atoms with E-state index in [-0.39, 0.29) is 12.0 Å². The van der Waals surface area contributed by atoms with Crippen molar-refractivity contribution in [2.45, 2.75) is 20.8 Å². The molecular weight excluding hydrogens is 238 g/mol. The van der Waals surface area contributed by atoms with E-state index in [9.17, 15) is 4.79 Å². The van der Waals surface area contributed by atoms with E-state index in [0.717, 1.165) is 5.69 Å². The summed E-state index contributed by atoms with van der Waals surface area (Å²) in [6, 6.07) is 7.27. The molecule has 0 spiro atoms. The minimum atomic E-state index is -0.839. The van der Waals surface area contributed by atoms with Crippen molar-refractivity contribution in [1.29, 1.82) is 0 Å². The Bertz CT molecular complexity index is 399. The van der Waals surface area contributed by atoms with Crippen LogP contribution in [0.3, 0.4) is 0 Å². The molecule has 0 saturated heterocycles. The first-order valence-electron chi connectivity index (χ1n) is 5.50. The summed E-state index contributed by atoms with van der Waals surface area (Å²) in [5, 5.41) is 9.55. The van der Waals surface area contributed by atoms with Crippen LogP contribution in [0.1, 0.15) is 20.8 Å². The van der Waals surface area contributed by atoms with Gasteiger partial charge in [0.05, 0.1) is 0 Å². The lowest BCUT2D eigenvalue weighted by atomic mass is 9.95. The third-order valence-electron chi connectivity index (χ3n) is 2.16. The molecule has 0 aliphatic rings. The first-order chi connectivity index (χ1) is 7.78. The summed E-state index contributed by atoms with van der Waals surface area (Å²) in [7, 11) is 0. The highest BCUT2D eigenvalue weighted by Gasteiger charge is 2.19. The van der Waals surface area contributed by atoms with Crippen LogP contribution in [-0.2, 0) is 4.79 Å². The molecule has 0 bridgehead atoms. The maximum atomic E-state index is 10.9. The largest absolute Gasteiger partial charge is 0.480 e. The highest BCUT2D eigenvalue weighted by atomic mass is 35.5. The van der Waals surface area contributed by atoms with Gasteiger partial charge in [-0.15, -0.1) is 0 Å². The van der Waals surface area contributed by atoms with E-state index in [0.29, 0.717) is 11.6 Å². The van der Waals surface area contributed by atoms with E-state index in [1.54, 1.807) is 12.1 Å². The number of rotatable bonds is 4. The number of carbonyl (C=O) groups is 1. The predicted octanol–water partition coefficient (Wildman–Crippen LogP) is 3.28. The van der Waals surface area contributed by atoms with Crippen LogP contribution in [0.25, 0.3) is 0 Å². The molecule has 0 saturated carbocycles. The van der Waals surface area contributed by atoms with E-state index in [2.05, 4.69) is 20.8 Å². The minimum absolute atomic E-state index is 0.0163. The van der Waals surface area contributed by atoms with Crippen molar-refractivity contribution >= 4 is 23.3 Å². The van der Waals surface area contributed by atoms with Crippen molar-refractivity contribution in [2.75, 3.05) is 18.0 Å². The van der Waals surface area contributed by atoms with Crippen LogP contribution in [0, 0.1) is 5.41 Å². The SMILES string of the molecule is CC(C)(C)CN(CC(=O)O)c1cccc(Cl)c1. The number of halogens is 1. The second-order valence-electron chi connectivity index (χ2n) is 5.29. The molecule has 17 heavy (non-hydrogen) atoms. The Morgan fingerprint density at radius 1 is 1.41 bits per heavy atom. The molecule has 0 aliphatic carbocycles. The highest BCUT2D eigenvalue weighted by Crippen LogP contribution is 2.23. The summed E-state index contributed by atoms with van der Waals surface area (Å²) < 4.78 is 0. The van der Waals surface area contributed by atoms with Gasteiger partial charge in [-0.2, -0.15) is 0 Å². The zero-order valence-electron chi connectivity index (χ0n) is 10.4. The van der Waals surface area contributed by atoms with E-state index < -0.39 is 5.97 Å². The zero-order chi connectivity index (χ0) is 13.1. The molecule has 0 unspecified atom stereocenters. The molecule has 4 heteroatoms. The van der Waals surface area contributed by atoms with Crippen LogP contribution in [0.15, 0.2) is 24.3 Å². The molecule has 1 rings (SSSR count). The Morgan fingerprint density at radius 2 is 2.06 bits per heavy atom. The monoisotopic (exact) mass is 255 g/mol. The fourth-order valence-corrected chi connectivity index (χ4v) is 1.83. The Balaban J connectivity index is 2.93. The van der Waals surface area contributed by atoms with Crippen molar-refractivity contribution in [1.82, 2.24) is 0 Å². The van der Waals surface area contributed by atoms with Gasteiger partial charge >= 0.3 is 5.97 Å². The van der Waals surface area contributed by atoms with Crippen molar-refractivity contribution < 1.29 is 9.90 Å². The zero-order valence-corrected chi connectivity index (χ0v) is 11.2. The van der Waals surface area contributed by atoms with E-state index in [1.165, 1.54) is 0 Å². The summed E-state index contributed by atoms with van der Waals surface area (Å²) in [4.78, 5) is 12.7. The Kier molecular flexibility index (Phi) is 4.40. The second-order valence-corrected chi connectivity index (χ2v) is 5.73. The number of anilines is 1. The number of hydrogen-bond donors (Lipinski definition) is 1. The van der Waals surface area contributed by atoms with Crippen LogP contribution in [0.2, 0.25) is 5.02 Å². The van der Waals surface area contributed by atoms with Gasteiger partial charge in [-0.25, -0.2) is 0 Å². The molecule has 0 heterocycles. The normalized spacial score (nSPS) is 11.3.